The minimum atomic E-state index is -4.42. The third kappa shape index (κ3) is 4.54. The highest BCUT2D eigenvalue weighted by Crippen LogP contribution is 2.33. The normalized spacial score (nSPS) is 16.4. The van der Waals surface area contributed by atoms with E-state index < -0.39 is 27.9 Å². The molecule has 1 aliphatic heterocycles. The second-order valence-corrected chi connectivity index (χ2v) is 9.80. The lowest BCUT2D eigenvalue weighted by atomic mass is 10.1. The Balaban J connectivity index is 1.63. The van der Waals surface area contributed by atoms with E-state index in [4.69, 9.17) is 11.6 Å². The first-order valence-electron chi connectivity index (χ1n) is 9.77. The lowest BCUT2D eigenvalue weighted by Crippen LogP contribution is -2.40. The molecule has 1 fully saturated rings. The van der Waals surface area contributed by atoms with Gasteiger partial charge in [-0.3, -0.25) is 0 Å². The van der Waals surface area contributed by atoms with Gasteiger partial charge in [0.2, 0.25) is 10.0 Å². The van der Waals surface area contributed by atoms with Crippen molar-refractivity contribution in [3.8, 4) is 22.6 Å². The van der Waals surface area contributed by atoms with Crippen molar-refractivity contribution in [2.45, 2.75) is 30.0 Å². The first-order chi connectivity index (χ1) is 15.1. The summed E-state index contributed by atoms with van der Waals surface area (Å²) in [5.41, 5.74) is 0.602. The maximum absolute atomic E-state index is 13.1. The molecule has 1 aromatic heterocycles. The van der Waals surface area contributed by atoms with Crippen molar-refractivity contribution in [1.29, 1.82) is 0 Å². The Bertz CT molecular complexity index is 1220. The van der Waals surface area contributed by atoms with E-state index in [2.05, 4.69) is 9.97 Å². The minimum Gasteiger partial charge on any atom is -0.393 e. The molecule has 0 unspecified atom stereocenters. The summed E-state index contributed by atoms with van der Waals surface area (Å²) >= 11 is 6.19. The quantitative estimate of drug-likeness (QED) is 0.567. The molecule has 6 nitrogen and oxygen atoms in total. The van der Waals surface area contributed by atoms with Gasteiger partial charge < -0.3 is 10.1 Å². The zero-order chi connectivity index (χ0) is 23.1. The van der Waals surface area contributed by atoms with Gasteiger partial charge >= 0.3 is 6.18 Å². The standard InChI is InChI=1S/C21H19ClF3N3O3S/c22-17-6-3-14(11-19(17)32(30,31)28-9-7-16(29)8-10-28)20-26-12-18(27-20)13-1-4-15(5-2-13)21(23,24)25/h1-6,11-12,16,29H,7-10H2,(H,26,27). The van der Waals surface area contributed by atoms with Gasteiger partial charge in [0.25, 0.3) is 0 Å². The minimum absolute atomic E-state index is 0.0643. The van der Waals surface area contributed by atoms with Gasteiger partial charge in [-0.25, -0.2) is 13.4 Å². The van der Waals surface area contributed by atoms with E-state index in [9.17, 15) is 26.7 Å². The Labute approximate surface area is 187 Å². The average Bonchev–Trinajstić information content (AvgIpc) is 3.24. The number of sulfonamides is 1. The van der Waals surface area contributed by atoms with Crippen molar-refractivity contribution >= 4 is 21.6 Å². The third-order valence-corrected chi connectivity index (χ3v) is 7.71. The van der Waals surface area contributed by atoms with Crippen molar-refractivity contribution in [3.63, 3.8) is 0 Å². The summed E-state index contributed by atoms with van der Waals surface area (Å²) in [7, 11) is -3.87. The summed E-state index contributed by atoms with van der Waals surface area (Å²) in [6, 6.07) is 9.09. The predicted octanol–water partition coefficient (Wildman–Crippen LogP) is 4.56. The van der Waals surface area contributed by atoms with E-state index in [1.165, 1.54) is 34.8 Å². The topological polar surface area (TPSA) is 86.3 Å². The van der Waals surface area contributed by atoms with Gasteiger partial charge in [-0.15, -0.1) is 0 Å². The Hall–Kier alpha value is -2.40. The van der Waals surface area contributed by atoms with Gasteiger partial charge in [-0.2, -0.15) is 17.5 Å². The molecule has 0 saturated carbocycles. The van der Waals surface area contributed by atoms with Crippen LogP contribution in [0.15, 0.2) is 53.6 Å². The Morgan fingerprint density at radius 1 is 1.06 bits per heavy atom. The lowest BCUT2D eigenvalue weighted by molar-refractivity contribution is -0.137. The molecule has 1 saturated heterocycles. The molecule has 0 spiro atoms. The Morgan fingerprint density at radius 2 is 1.69 bits per heavy atom. The molecule has 0 amide bonds. The van der Waals surface area contributed by atoms with Crippen LogP contribution in [0.2, 0.25) is 5.02 Å². The molecule has 0 atom stereocenters. The predicted molar refractivity (Wildman–Crippen MR) is 113 cm³/mol. The molecule has 0 bridgehead atoms. The number of hydrogen-bond donors (Lipinski definition) is 2. The van der Waals surface area contributed by atoms with Gasteiger partial charge in [0.05, 0.1) is 22.4 Å². The number of aromatic nitrogens is 2. The van der Waals surface area contributed by atoms with E-state index in [-0.39, 0.29) is 23.0 Å². The number of aromatic amines is 1. The number of alkyl halides is 3. The van der Waals surface area contributed by atoms with Gasteiger partial charge in [0.15, 0.2) is 0 Å². The summed E-state index contributed by atoms with van der Waals surface area (Å²) in [6.07, 6.45) is -2.70. The fourth-order valence-electron chi connectivity index (χ4n) is 3.52. The van der Waals surface area contributed by atoms with E-state index in [1.807, 2.05) is 0 Å². The van der Waals surface area contributed by atoms with Crippen molar-refractivity contribution in [1.82, 2.24) is 14.3 Å². The number of hydrogen-bond acceptors (Lipinski definition) is 4. The molecule has 2 N–H and O–H groups in total. The molecular weight excluding hydrogens is 467 g/mol. The van der Waals surface area contributed by atoms with Crippen molar-refractivity contribution in [3.05, 3.63) is 59.2 Å². The van der Waals surface area contributed by atoms with Crippen LogP contribution in [0.1, 0.15) is 18.4 Å². The third-order valence-electron chi connectivity index (χ3n) is 5.33. The highest BCUT2D eigenvalue weighted by molar-refractivity contribution is 7.89. The number of aliphatic hydroxyl groups excluding tert-OH is 1. The number of piperidine rings is 1. The maximum atomic E-state index is 13.1. The van der Waals surface area contributed by atoms with Crippen LogP contribution >= 0.6 is 11.6 Å². The van der Waals surface area contributed by atoms with Crippen LogP contribution in [0.5, 0.6) is 0 Å². The summed E-state index contributed by atoms with van der Waals surface area (Å²) in [5, 5.41) is 9.71. The highest BCUT2D eigenvalue weighted by Gasteiger charge is 2.31. The second kappa shape index (κ2) is 8.51. The number of nitrogens with one attached hydrogen (secondary N) is 1. The summed E-state index contributed by atoms with van der Waals surface area (Å²) in [4.78, 5) is 7.26. The number of H-pyrrole nitrogens is 1. The number of nitrogens with zero attached hydrogens (tertiary/aromatic N) is 2. The van der Waals surface area contributed by atoms with Crippen LogP contribution in [-0.4, -0.2) is 47.0 Å². The molecule has 0 radical (unpaired) electrons. The zero-order valence-corrected chi connectivity index (χ0v) is 18.2. The SMILES string of the molecule is O=S(=O)(c1cc(-c2nc(-c3ccc(C(F)(F)F)cc3)c[nH]2)ccc1Cl)N1CCC(O)CC1. The highest BCUT2D eigenvalue weighted by atomic mass is 35.5. The van der Waals surface area contributed by atoms with Gasteiger partial charge in [0.1, 0.15) is 10.7 Å². The lowest BCUT2D eigenvalue weighted by Gasteiger charge is -2.29. The molecule has 3 aromatic rings. The number of rotatable bonds is 4. The number of halogens is 4. The maximum Gasteiger partial charge on any atom is 0.416 e. The Kier molecular flexibility index (Phi) is 6.06. The fraction of sp³-hybridized carbons (Fsp3) is 0.286. The fourth-order valence-corrected chi connectivity index (χ4v) is 5.49. The molecular formula is C21H19ClF3N3O3S. The number of benzene rings is 2. The Morgan fingerprint density at radius 3 is 2.31 bits per heavy atom. The van der Waals surface area contributed by atoms with E-state index in [0.717, 1.165) is 12.1 Å². The molecule has 170 valence electrons. The molecule has 2 aromatic carbocycles. The summed E-state index contributed by atoms with van der Waals surface area (Å²) in [5.74, 6) is 0.349. The van der Waals surface area contributed by atoms with Gasteiger partial charge in [-0.05, 0) is 43.2 Å². The van der Waals surface area contributed by atoms with E-state index >= 15 is 0 Å². The van der Waals surface area contributed by atoms with Crippen LogP contribution in [-0.2, 0) is 16.2 Å². The van der Waals surface area contributed by atoms with Gasteiger partial charge in [-0.1, -0.05) is 23.7 Å². The first-order valence-corrected chi connectivity index (χ1v) is 11.6. The number of imidazole rings is 1. The molecule has 32 heavy (non-hydrogen) atoms. The zero-order valence-electron chi connectivity index (χ0n) is 16.6. The van der Waals surface area contributed by atoms with Crippen LogP contribution in [0.3, 0.4) is 0 Å². The smallest absolute Gasteiger partial charge is 0.393 e. The first kappa shape index (κ1) is 22.8. The molecule has 4 rings (SSSR count). The average molecular weight is 486 g/mol. The van der Waals surface area contributed by atoms with Crippen molar-refractivity contribution in [2.24, 2.45) is 0 Å². The van der Waals surface area contributed by atoms with Crippen molar-refractivity contribution in [2.75, 3.05) is 13.1 Å². The van der Waals surface area contributed by atoms with Crippen LogP contribution in [0.4, 0.5) is 13.2 Å². The summed E-state index contributed by atoms with van der Waals surface area (Å²) in [6.45, 7) is 0.395. The van der Waals surface area contributed by atoms with E-state index in [0.29, 0.717) is 35.5 Å². The van der Waals surface area contributed by atoms with Crippen molar-refractivity contribution < 1.29 is 26.7 Å². The second-order valence-electron chi connectivity index (χ2n) is 7.49. The largest absolute Gasteiger partial charge is 0.416 e. The van der Waals surface area contributed by atoms with Crippen LogP contribution in [0, 0.1) is 0 Å². The molecule has 0 aliphatic carbocycles. The van der Waals surface area contributed by atoms with Gasteiger partial charge in [0, 0.05) is 30.4 Å². The molecule has 2 heterocycles. The molecule has 11 heteroatoms. The monoisotopic (exact) mass is 485 g/mol. The van der Waals surface area contributed by atoms with E-state index in [1.54, 1.807) is 6.07 Å². The molecule has 1 aliphatic rings. The van der Waals surface area contributed by atoms with Crippen LogP contribution in [0.25, 0.3) is 22.6 Å². The number of aliphatic hydroxyl groups is 1. The summed E-state index contributed by atoms with van der Waals surface area (Å²) < 4.78 is 65.8. The van der Waals surface area contributed by atoms with Crippen LogP contribution < -0.4 is 0 Å².